The number of aryl methyl sites for hydroxylation is 1. The van der Waals surface area contributed by atoms with E-state index in [0.29, 0.717) is 32.2 Å². The molecule has 136 valence electrons. The van der Waals surface area contributed by atoms with Crippen LogP contribution in [0.25, 0.3) is 10.1 Å². The lowest BCUT2D eigenvalue weighted by atomic mass is 10.2. The molecule has 3 aromatic rings. The maximum Gasteiger partial charge on any atom is 0.350 e. The van der Waals surface area contributed by atoms with Crippen LogP contribution < -0.4 is 5.32 Å². The first-order valence-corrected chi connectivity index (χ1v) is 10.0. The first-order valence-electron chi connectivity index (χ1n) is 7.99. The summed E-state index contributed by atoms with van der Waals surface area (Å²) in [6.07, 6.45) is 0. The Hall–Kier alpha value is -1.96. The Morgan fingerprint density at radius 1 is 1.23 bits per heavy atom. The Morgan fingerprint density at radius 2 is 1.96 bits per heavy atom. The number of hydrogen-bond donors (Lipinski definition) is 1. The molecule has 0 aliphatic carbocycles. The number of ether oxygens (including phenoxy) is 1. The highest BCUT2D eigenvalue weighted by Gasteiger charge is 2.21. The van der Waals surface area contributed by atoms with Crippen LogP contribution >= 0.6 is 34.3 Å². The average Bonchev–Trinajstić information content (AvgIpc) is 3.13. The second-order valence-corrected chi connectivity index (χ2v) is 8.55. The molecule has 0 aliphatic heterocycles. The predicted octanol–water partition coefficient (Wildman–Crippen LogP) is 5.38. The van der Waals surface area contributed by atoms with Crippen molar-refractivity contribution in [2.75, 3.05) is 11.9 Å². The largest absolute Gasteiger partial charge is 0.461 e. The zero-order valence-corrected chi connectivity index (χ0v) is 16.8. The number of thiazole rings is 1. The number of aromatic nitrogens is 1. The number of halogens is 1. The maximum absolute atomic E-state index is 12.6. The molecule has 0 fully saturated rings. The molecule has 0 saturated carbocycles. The first-order chi connectivity index (χ1) is 12.4. The van der Waals surface area contributed by atoms with Crippen molar-refractivity contribution in [1.82, 2.24) is 4.98 Å². The second kappa shape index (κ2) is 7.73. The summed E-state index contributed by atoms with van der Waals surface area (Å²) >= 11 is 8.75. The van der Waals surface area contributed by atoms with E-state index in [-0.39, 0.29) is 11.8 Å². The molecule has 26 heavy (non-hydrogen) atoms. The van der Waals surface area contributed by atoms with Crippen molar-refractivity contribution >= 4 is 61.4 Å². The van der Waals surface area contributed by atoms with E-state index in [1.807, 2.05) is 38.1 Å². The van der Waals surface area contributed by atoms with Crippen LogP contribution in [0, 0.1) is 12.8 Å². The number of fused-ring (bicyclic) bond motifs is 1. The van der Waals surface area contributed by atoms with Crippen LogP contribution in [0.4, 0.5) is 5.13 Å². The summed E-state index contributed by atoms with van der Waals surface area (Å²) in [7, 11) is 0. The lowest BCUT2D eigenvalue weighted by molar-refractivity contribution is 0.0463. The Labute approximate surface area is 164 Å². The van der Waals surface area contributed by atoms with E-state index in [1.165, 1.54) is 11.3 Å². The molecule has 8 heteroatoms. The molecule has 1 amide bonds. The van der Waals surface area contributed by atoms with Gasteiger partial charge in [0.2, 0.25) is 0 Å². The minimum atomic E-state index is -0.422. The van der Waals surface area contributed by atoms with Crippen LogP contribution in [0.1, 0.15) is 38.9 Å². The Kier molecular flexibility index (Phi) is 5.60. The van der Waals surface area contributed by atoms with E-state index in [4.69, 9.17) is 16.3 Å². The van der Waals surface area contributed by atoms with Crippen LogP contribution in [0.5, 0.6) is 0 Å². The quantitative estimate of drug-likeness (QED) is 0.575. The van der Waals surface area contributed by atoms with Crippen molar-refractivity contribution in [2.24, 2.45) is 5.92 Å². The smallest absolute Gasteiger partial charge is 0.350 e. The van der Waals surface area contributed by atoms with E-state index in [0.717, 1.165) is 21.4 Å². The highest BCUT2D eigenvalue weighted by atomic mass is 35.5. The zero-order chi connectivity index (χ0) is 18.8. The van der Waals surface area contributed by atoms with Gasteiger partial charge in [0.05, 0.1) is 17.3 Å². The minimum absolute atomic E-state index is 0.251. The Morgan fingerprint density at radius 3 is 2.65 bits per heavy atom. The summed E-state index contributed by atoms with van der Waals surface area (Å²) in [6, 6.07) is 7.57. The van der Waals surface area contributed by atoms with Gasteiger partial charge < -0.3 is 4.74 Å². The van der Waals surface area contributed by atoms with Gasteiger partial charge in [0, 0.05) is 10.1 Å². The molecule has 0 atom stereocenters. The lowest BCUT2D eigenvalue weighted by Gasteiger charge is -2.05. The number of nitrogens with one attached hydrogen (secondary N) is 1. The van der Waals surface area contributed by atoms with Crippen LogP contribution in [-0.4, -0.2) is 23.5 Å². The summed E-state index contributed by atoms with van der Waals surface area (Å²) in [5, 5.41) is 4.34. The van der Waals surface area contributed by atoms with E-state index < -0.39 is 5.97 Å². The van der Waals surface area contributed by atoms with E-state index in [1.54, 1.807) is 6.92 Å². The summed E-state index contributed by atoms with van der Waals surface area (Å²) in [5.41, 5.74) is 0.529. The predicted molar refractivity (Wildman–Crippen MR) is 107 cm³/mol. The van der Waals surface area contributed by atoms with Crippen molar-refractivity contribution in [1.29, 1.82) is 0 Å². The molecule has 0 radical (unpaired) electrons. The number of nitrogens with zero attached hydrogens (tertiary/aromatic N) is 1. The monoisotopic (exact) mass is 408 g/mol. The topological polar surface area (TPSA) is 68.3 Å². The molecule has 2 aromatic heterocycles. The molecule has 0 unspecified atom stereocenters. The number of benzene rings is 1. The van der Waals surface area contributed by atoms with Crippen LogP contribution in [-0.2, 0) is 4.74 Å². The molecule has 0 saturated heterocycles. The second-order valence-electron chi connectivity index (χ2n) is 6.12. The molecule has 1 aromatic carbocycles. The third kappa shape index (κ3) is 3.90. The van der Waals surface area contributed by atoms with Gasteiger partial charge in [-0.1, -0.05) is 55.0 Å². The molecule has 5 nitrogen and oxygen atoms in total. The van der Waals surface area contributed by atoms with Crippen LogP contribution in [0.3, 0.4) is 0 Å². The Bertz CT molecular complexity index is 978. The third-order valence-corrected chi connectivity index (χ3v) is 6.22. The summed E-state index contributed by atoms with van der Waals surface area (Å²) < 4.78 is 6.17. The number of rotatable bonds is 5. The molecule has 0 aliphatic rings. The fourth-order valence-corrected chi connectivity index (χ4v) is 4.53. The van der Waals surface area contributed by atoms with Gasteiger partial charge in [-0.15, -0.1) is 11.3 Å². The van der Waals surface area contributed by atoms with Gasteiger partial charge in [-0.2, -0.15) is 0 Å². The van der Waals surface area contributed by atoms with Crippen LogP contribution in [0.2, 0.25) is 5.02 Å². The normalized spacial score (nSPS) is 11.1. The summed E-state index contributed by atoms with van der Waals surface area (Å²) in [6.45, 7) is 5.99. The molecule has 0 spiro atoms. The van der Waals surface area contributed by atoms with Gasteiger partial charge in [0.15, 0.2) is 5.13 Å². The zero-order valence-electron chi connectivity index (χ0n) is 14.5. The van der Waals surface area contributed by atoms with Crippen molar-refractivity contribution in [3.05, 3.63) is 44.7 Å². The number of carbonyl (C=O) groups is 2. The van der Waals surface area contributed by atoms with Gasteiger partial charge in [-0.05, 0) is 18.9 Å². The number of thiophene rings is 1. The Balaban J connectivity index is 1.78. The third-order valence-electron chi connectivity index (χ3n) is 3.49. The van der Waals surface area contributed by atoms with Crippen molar-refractivity contribution in [3.63, 3.8) is 0 Å². The van der Waals surface area contributed by atoms with E-state index in [2.05, 4.69) is 10.3 Å². The minimum Gasteiger partial charge on any atom is -0.461 e. The first kappa shape index (κ1) is 18.8. The molecule has 2 heterocycles. The van der Waals surface area contributed by atoms with Gasteiger partial charge in [0.25, 0.3) is 5.91 Å². The van der Waals surface area contributed by atoms with Gasteiger partial charge >= 0.3 is 5.97 Å². The highest BCUT2D eigenvalue weighted by Crippen LogP contribution is 2.36. The fraction of sp³-hybridized carbons (Fsp3) is 0.278. The maximum atomic E-state index is 12.6. The van der Waals surface area contributed by atoms with E-state index in [9.17, 15) is 9.59 Å². The summed E-state index contributed by atoms with van der Waals surface area (Å²) in [4.78, 5) is 29.8. The van der Waals surface area contributed by atoms with Crippen LogP contribution in [0.15, 0.2) is 24.3 Å². The summed E-state index contributed by atoms with van der Waals surface area (Å²) in [5.74, 6) is -0.511. The fourth-order valence-electron chi connectivity index (χ4n) is 2.26. The molecule has 1 N–H and O–H groups in total. The van der Waals surface area contributed by atoms with Crippen molar-refractivity contribution in [3.8, 4) is 0 Å². The molecule has 3 rings (SSSR count). The number of amides is 1. The molecular weight excluding hydrogens is 392 g/mol. The SMILES string of the molecule is Cc1nc(NC(=O)c2sc3ccccc3c2Cl)sc1C(=O)OCC(C)C. The average molecular weight is 409 g/mol. The van der Waals surface area contributed by atoms with Crippen molar-refractivity contribution < 1.29 is 14.3 Å². The van der Waals surface area contributed by atoms with Crippen molar-refractivity contribution in [2.45, 2.75) is 20.8 Å². The number of hydrogen-bond acceptors (Lipinski definition) is 6. The molecular formula is C18H17ClN2O3S2. The van der Waals surface area contributed by atoms with Gasteiger partial charge in [0.1, 0.15) is 9.75 Å². The van der Waals surface area contributed by atoms with Gasteiger partial charge in [-0.3, -0.25) is 10.1 Å². The molecule has 0 bridgehead atoms. The lowest BCUT2D eigenvalue weighted by Crippen LogP contribution is -2.10. The highest BCUT2D eigenvalue weighted by molar-refractivity contribution is 7.22. The van der Waals surface area contributed by atoms with Gasteiger partial charge in [-0.25, -0.2) is 9.78 Å². The number of carbonyl (C=O) groups excluding carboxylic acids is 2. The standard InChI is InChI=1S/C18H17ClN2O3S2/c1-9(2)8-24-17(23)14-10(3)20-18(26-14)21-16(22)15-13(19)11-6-4-5-7-12(11)25-15/h4-7,9H,8H2,1-3H3,(H,20,21,22). The number of anilines is 1. The van der Waals surface area contributed by atoms with E-state index >= 15 is 0 Å². The number of esters is 1.